The van der Waals surface area contributed by atoms with E-state index in [2.05, 4.69) is 5.32 Å². The van der Waals surface area contributed by atoms with Gasteiger partial charge < -0.3 is 15.2 Å². The predicted octanol–water partition coefficient (Wildman–Crippen LogP) is 3.96. The van der Waals surface area contributed by atoms with Gasteiger partial charge in [0.25, 0.3) is 0 Å². The van der Waals surface area contributed by atoms with Gasteiger partial charge in [-0.25, -0.2) is 4.79 Å². The van der Waals surface area contributed by atoms with E-state index in [-0.39, 0.29) is 17.7 Å². The van der Waals surface area contributed by atoms with Gasteiger partial charge in [-0.05, 0) is 31.2 Å². The predicted molar refractivity (Wildman–Crippen MR) is 105 cm³/mol. The van der Waals surface area contributed by atoms with Gasteiger partial charge in [-0.15, -0.1) is 0 Å². The van der Waals surface area contributed by atoms with Crippen LogP contribution in [0.2, 0.25) is 0 Å². The number of hydrogen-bond donors (Lipinski definition) is 2. The van der Waals surface area contributed by atoms with Crippen molar-refractivity contribution in [3.05, 3.63) is 35.9 Å². The average molecular weight is 379 g/mol. The fraction of sp³-hybridized carbons (Fsp3) is 0.571. The van der Waals surface area contributed by atoms with Crippen LogP contribution in [0.3, 0.4) is 0 Å². The molecule has 0 spiro atoms. The summed E-state index contributed by atoms with van der Waals surface area (Å²) in [6, 6.07) is 8.38. The first-order valence-electron chi connectivity index (χ1n) is 9.51. The smallest absolute Gasteiger partial charge is 0.333 e. The van der Waals surface area contributed by atoms with Crippen LogP contribution in [0.1, 0.15) is 65.0 Å². The van der Waals surface area contributed by atoms with Crippen molar-refractivity contribution < 1.29 is 24.2 Å². The largest absolute Gasteiger partial charge is 0.481 e. The van der Waals surface area contributed by atoms with E-state index >= 15 is 0 Å². The Bertz CT molecular complexity index is 565. The summed E-state index contributed by atoms with van der Waals surface area (Å²) in [5, 5.41) is 11.1. The second kappa shape index (κ2) is 13.8. The van der Waals surface area contributed by atoms with Crippen LogP contribution in [-0.2, 0) is 19.1 Å². The Hall–Kier alpha value is -2.37. The molecular formula is C21H33NO5. The maximum absolute atomic E-state index is 12.1. The van der Waals surface area contributed by atoms with Crippen LogP contribution in [0.5, 0.6) is 0 Å². The number of carbonyl (C=O) groups excluding carboxylic acids is 2. The summed E-state index contributed by atoms with van der Waals surface area (Å²) in [6.45, 7) is 7.71. The van der Waals surface area contributed by atoms with E-state index in [9.17, 15) is 14.4 Å². The summed E-state index contributed by atoms with van der Waals surface area (Å²) in [5.74, 6) is -1.43. The summed E-state index contributed by atoms with van der Waals surface area (Å²) >= 11 is 0. The number of carboxylic acid groups (broad SMARTS) is 1. The number of ether oxygens (including phenoxy) is 1. The lowest BCUT2D eigenvalue weighted by Gasteiger charge is -2.20. The van der Waals surface area contributed by atoms with Gasteiger partial charge in [0.15, 0.2) is 6.04 Å². The molecule has 27 heavy (non-hydrogen) atoms. The molecule has 6 nitrogen and oxygen atoms in total. The second-order valence-corrected chi connectivity index (χ2v) is 6.24. The average Bonchev–Trinajstić information content (AvgIpc) is 2.68. The van der Waals surface area contributed by atoms with Crippen molar-refractivity contribution >= 4 is 17.8 Å². The van der Waals surface area contributed by atoms with Crippen molar-refractivity contribution in [3.8, 4) is 0 Å². The Morgan fingerprint density at radius 1 is 0.926 bits per heavy atom. The topological polar surface area (TPSA) is 92.7 Å². The van der Waals surface area contributed by atoms with Gasteiger partial charge in [-0.2, -0.15) is 0 Å². The number of benzene rings is 1. The molecule has 6 heteroatoms. The van der Waals surface area contributed by atoms with E-state index < -0.39 is 18.0 Å². The van der Waals surface area contributed by atoms with Gasteiger partial charge >= 0.3 is 11.9 Å². The highest BCUT2D eigenvalue weighted by molar-refractivity contribution is 5.86. The normalized spacial score (nSPS) is 11.4. The Labute approximate surface area is 162 Å². The zero-order valence-corrected chi connectivity index (χ0v) is 17.0. The van der Waals surface area contributed by atoms with Crippen molar-refractivity contribution in [2.24, 2.45) is 11.8 Å². The van der Waals surface area contributed by atoms with Crippen LogP contribution in [0.25, 0.3) is 0 Å². The quantitative estimate of drug-likeness (QED) is 0.634. The van der Waals surface area contributed by atoms with Crippen LogP contribution in [0, 0.1) is 11.8 Å². The summed E-state index contributed by atoms with van der Waals surface area (Å²) in [4.78, 5) is 34.1. The molecule has 0 aliphatic rings. The summed E-state index contributed by atoms with van der Waals surface area (Å²) in [5.41, 5.74) is 0.730. The molecule has 0 bridgehead atoms. The van der Waals surface area contributed by atoms with Crippen LogP contribution in [-0.4, -0.2) is 30.1 Å². The van der Waals surface area contributed by atoms with Crippen molar-refractivity contribution in [2.45, 2.75) is 59.4 Å². The van der Waals surface area contributed by atoms with Crippen LogP contribution < -0.4 is 5.32 Å². The fourth-order valence-corrected chi connectivity index (χ4v) is 2.60. The molecule has 1 aromatic carbocycles. The molecule has 2 N–H and O–H groups in total. The van der Waals surface area contributed by atoms with E-state index in [0.29, 0.717) is 0 Å². The number of hydrogen-bond acceptors (Lipinski definition) is 4. The molecule has 152 valence electrons. The van der Waals surface area contributed by atoms with Crippen molar-refractivity contribution in [2.75, 3.05) is 7.11 Å². The fourth-order valence-electron chi connectivity index (χ4n) is 2.60. The number of carboxylic acids is 1. The molecule has 0 aromatic heterocycles. The van der Waals surface area contributed by atoms with Crippen LogP contribution in [0.4, 0.5) is 0 Å². The number of aliphatic carboxylic acids is 1. The Kier molecular flexibility index (Phi) is 12.6. The maximum atomic E-state index is 12.1. The van der Waals surface area contributed by atoms with Gasteiger partial charge in [0.05, 0.1) is 13.0 Å². The number of carbonyl (C=O) groups is 3. The zero-order chi connectivity index (χ0) is 20.8. The molecule has 1 atom stereocenters. The number of methoxy groups -OCH3 is 1. The monoisotopic (exact) mass is 379 g/mol. The molecule has 1 amide bonds. The molecule has 0 aliphatic heterocycles. The minimum atomic E-state index is -0.737. The van der Waals surface area contributed by atoms with E-state index in [1.54, 1.807) is 12.1 Å². The molecule has 0 heterocycles. The zero-order valence-electron chi connectivity index (χ0n) is 17.0. The highest BCUT2D eigenvalue weighted by Gasteiger charge is 2.25. The number of esters is 1. The summed E-state index contributed by atoms with van der Waals surface area (Å²) in [6.07, 6.45) is 2.99. The third-order valence-electron chi connectivity index (χ3n) is 4.55. The van der Waals surface area contributed by atoms with Crippen LogP contribution >= 0.6 is 0 Å². The molecule has 1 rings (SSSR count). The summed E-state index contributed by atoms with van der Waals surface area (Å²) in [7, 11) is 1.32. The molecule has 1 aromatic rings. The number of nitrogens with one attached hydrogen (secondary N) is 1. The Morgan fingerprint density at radius 3 is 1.74 bits per heavy atom. The van der Waals surface area contributed by atoms with Gasteiger partial charge in [0, 0.05) is 5.92 Å². The SMILES string of the molecule is CCC(CC)C(=O)N[C@H](C(=O)OC)c1ccccc1.CCC(CC)C(=O)O. The molecule has 0 unspecified atom stereocenters. The molecule has 0 radical (unpaired) electrons. The van der Waals surface area contributed by atoms with Gasteiger partial charge in [-0.3, -0.25) is 9.59 Å². The summed E-state index contributed by atoms with van der Waals surface area (Å²) < 4.78 is 4.76. The minimum Gasteiger partial charge on any atom is -0.481 e. The van der Waals surface area contributed by atoms with E-state index in [1.165, 1.54) is 7.11 Å². The third kappa shape index (κ3) is 8.71. The van der Waals surface area contributed by atoms with Gasteiger partial charge in [-0.1, -0.05) is 58.0 Å². The van der Waals surface area contributed by atoms with Crippen molar-refractivity contribution in [1.82, 2.24) is 5.32 Å². The molecule has 0 saturated carbocycles. The standard InChI is InChI=1S/C15H21NO3.C6H12O2/c1-4-11(5-2)14(17)16-13(15(18)19-3)12-9-7-6-8-10-12;1-3-5(4-2)6(7)8/h6-11,13H,4-5H2,1-3H3,(H,16,17);5H,3-4H2,1-2H3,(H,7,8)/t13-;/m0./s1. The third-order valence-corrected chi connectivity index (χ3v) is 4.55. The highest BCUT2D eigenvalue weighted by atomic mass is 16.5. The van der Waals surface area contributed by atoms with Crippen molar-refractivity contribution in [3.63, 3.8) is 0 Å². The number of amides is 1. The van der Waals surface area contributed by atoms with E-state index in [0.717, 1.165) is 31.2 Å². The lowest BCUT2D eigenvalue weighted by Crippen LogP contribution is -2.38. The molecular weight excluding hydrogens is 346 g/mol. The highest BCUT2D eigenvalue weighted by Crippen LogP contribution is 2.16. The first-order chi connectivity index (χ1) is 12.9. The van der Waals surface area contributed by atoms with Crippen LogP contribution in [0.15, 0.2) is 30.3 Å². The van der Waals surface area contributed by atoms with Crippen molar-refractivity contribution in [1.29, 1.82) is 0 Å². The first-order valence-corrected chi connectivity index (χ1v) is 9.51. The second-order valence-electron chi connectivity index (χ2n) is 6.24. The molecule has 0 aliphatic carbocycles. The van der Waals surface area contributed by atoms with Gasteiger partial charge in [0.1, 0.15) is 0 Å². The maximum Gasteiger partial charge on any atom is 0.333 e. The molecule has 0 fully saturated rings. The Morgan fingerprint density at radius 2 is 1.41 bits per heavy atom. The Balaban J connectivity index is 0.000000713. The lowest BCUT2D eigenvalue weighted by molar-refractivity contribution is -0.146. The van der Waals surface area contributed by atoms with E-state index in [1.807, 2.05) is 45.9 Å². The lowest BCUT2D eigenvalue weighted by atomic mass is 10.0. The molecule has 0 saturated heterocycles. The van der Waals surface area contributed by atoms with Gasteiger partial charge in [0.2, 0.25) is 5.91 Å². The minimum absolute atomic E-state index is 0.0733. The number of rotatable bonds is 9. The van der Waals surface area contributed by atoms with E-state index in [4.69, 9.17) is 9.84 Å². The first kappa shape index (κ1) is 24.6.